The normalized spacial score (nSPS) is 17.6. The van der Waals surface area contributed by atoms with Gasteiger partial charge in [0.1, 0.15) is 5.82 Å². The Kier molecular flexibility index (Phi) is 4.97. The number of hydrogen-bond acceptors (Lipinski definition) is 4. The van der Waals surface area contributed by atoms with E-state index >= 15 is 0 Å². The summed E-state index contributed by atoms with van der Waals surface area (Å²) in [6.45, 7) is 3.06. The lowest BCUT2D eigenvalue weighted by Crippen LogP contribution is -2.19. The predicted octanol–water partition coefficient (Wildman–Crippen LogP) is 3.40. The fourth-order valence-electron chi connectivity index (χ4n) is 3.64. The number of rotatable bonds is 6. The molecule has 0 radical (unpaired) electrons. The lowest BCUT2D eigenvalue weighted by Gasteiger charge is -2.25. The highest BCUT2D eigenvalue weighted by atomic mass is 16.5. The lowest BCUT2D eigenvalue weighted by atomic mass is 9.91. The van der Waals surface area contributed by atoms with Crippen molar-refractivity contribution in [1.29, 1.82) is 0 Å². The first-order valence-electron chi connectivity index (χ1n) is 8.54. The number of nitrogens with zero attached hydrogens (tertiary/aromatic N) is 2. The van der Waals surface area contributed by atoms with E-state index in [2.05, 4.69) is 16.5 Å². The molecule has 0 amide bonds. The third-order valence-corrected chi connectivity index (χ3v) is 4.92. The summed E-state index contributed by atoms with van der Waals surface area (Å²) in [7, 11) is 3.16. The SMILES string of the molecule is COc1ccc(C(CC(=O)O)c2cnc3n2CCCC3C)cc1OC. The molecule has 25 heavy (non-hydrogen) atoms. The smallest absolute Gasteiger partial charge is 0.304 e. The van der Waals surface area contributed by atoms with Crippen molar-refractivity contribution in [2.75, 3.05) is 14.2 Å². The van der Waals surface area contributed by atoms with Gasteiger partial charge in [0.2, 0.25) is 0 Å². The highest BCUT2D eigenvalue weighted by Crippen LogP contribution is 2.37. The average molecular weight is 344 g/mol. The van der Waals surface area contributed by atoms with Crippen LogP contribution in [-0.2, 0) is 11.3 Å². The number of benzene rings is 1. The van der Waals surface area contributed by atoms with Gasteiger partial charge in [0.05, 0.1) is 20.6 Å². The Morgan fingerprint density at radius 1 is 1.36 bits per heavy atom. The minimum atomic E-state index is -0.834. The van der Waals surface area contributed by atoms with Crippen molar-refractivity contribution in [3.8, 4) is 11.5 Å². The maximum atomic E-state index is 11.5. The van der Waals surface area contributed by atoms with E-state index in [4.69, 9.17) is 9.47 Å². The number of imidazole rings is 1. The van der Waals surface area contributed by atoms with Gasteiger partial charge in [0, 0.05) is 30.3 Å². The monoisotopic (exact) mass is 344 g/mol. The zero-order valence-corrected chi connectivity index (χ0v) is 14.9. The fraction of sp³-hybridized carbons (Fsp3) is 0.474. The molecule has 2 unspecified atom stereocenters. The molecule has 1 aromatic heterocycles. The van der Waals surface area contributed by atoms with Crippen LogP contribution in [0.5, 0.6) is 11.5 Å². The Bertz CT molecular complexity index is 769. The van der Waals surface area contributed by atoms with Crippen LogP contribution >= 0.6 is 0 Å². The standard InChI is InChI=1S/C19H24N2O4/c1-12-5-4-8-21-15(11-20-19(12)21)14(10-18(22)23)13-6-7-16(24-2)17(9-13)25-3/h6-7,9,11-12,14H,4-5,8,10H2,1-3H3,(H,22,23). The van der Waals surface area contributed by atoms with Crippen LogP contribution in [0.3, 0.4) is 0 Å². The van der Waals surface area contributed by atoms with Gasteiger partial charge in [-0.25, -0.2) is 4.98 Å². The number of aromatic nitrogens is 2. The minimum absolute atomic E-state index is 0.00893. The highest BCUT2D eigenvalue weighted by Gasteiger charge is 2.27. The molecule has 2 heterocycles. The van der Waals surface area contributed by atoms with E-state index in [1.807, 2.05) is 24.4 Å². The molecule has 6 nitrogen and oxygen atoms in total. The number of aliphatic carboxylic acids is 1. The summed E-state index contributed by atoms with van der Waals surface area (Å²) in [6, 6.07) is 5.58. The predicted molar refractivity (Wildman–Crippen MR) is 93.5 cm³/mol. The van der Waals surface area contributed by atoms with Crippen molar-refractivity contribution in [3.63, 3.8) is 0 Å². The van der Waals surface area contributed by atoms with Crippen molar-refractivity contribution in [3.05, 3.63) is 41.5 Å². The first kappa shape index (κ1) is 17.3. The summed E-state index contributed by atoms with van der Waals surface area (Å²) < 4.78 is 12.9. The molecule has 1 aliphatic rings. The van der Waals surface area contributed by atoms with Gasteiger partial charge in [0.25, 0.3) is 0 Å². The summed E-state index contributed by atoms with van der Waals surface area (Å²) in [4.78, 5) is 16.1. The third kappa shape index (κ3) is 3.34. The van der Waals surface area contributed by atoms with Crippen LogP contribution in [0.25, 0.3) is 0 Å². The van der Waals surface area contributed by atoms with Crippen molar-refractivity contribution in [2.24, 2.45) is 0 Å². The van der Waals surface area contributed by atoms with Crippen LogP contribution in [-0.4, -0.2) is 34.8 Å². The van der Waals surface area contributed by atoms with Gasteiger partial charge >= 0.3 is 5.97 Å². The summed E-state index contributed by atoms with van der Waals surface area (Å²) in [6.07, 6.45) is 4.05. The molecule has 6 heteroatoms. The second-order valence-corrected chi connectivity index (χ2v) is 6.50. The van der Waals surface area contributed by atoms with Gasteiger partial charge in [-0.3, -0.25) is 4.79 Å². The van der Waals surface area contributed by atoms with Crippen LogP contribution in [0.1, 0.15) is 55.1 Å². The highest BCUT2D eigenvalue weighted by molar-refractivity contribution is 5.69. The van der Waals surface area contributed by atoms with Gasteiger partial charge in [-0.2, -0.15) is 0 Å². The van der Waals surface area contributed by atoms with Crippen molar-refractivity contribution < 1.29 is 19.4 Å². The van der Waals surface area contributed by atoms with E-state index in [1.54, 1.807) is 14.2 Å². The molecule has 0 spiro atoms. The minimum Gasteiger partial charge on any atom is -0.493 e. The van der Waals surface area contributed by atoms with Crippen LogP contribution in [0, 0.1) is 0 Å². The second kappa shape index (κ2) is 7.17. The first-order valence-corrected chi connectivity index (χ1v) is 8.54. The number of carboxylic acids is 1. The molecule has 0 bridgehead atoms. The number of fused-ring (bicyclic) bond motifs is 1. The summed E-state index contributed by atoms with van der Waals surface area (Å²) in [5.74, 6) is 1.57. The maximum Gasteiger partial charge on any atom is 0.304 e. The molecule has 0 fully saturated rings. The van der Waals surface area contributed by atoms with Crippen LogP contribution < -0.4 is 9.47 Å². The third-order valence-electron chi connectivity index (χ3n) is 4.92. The van der Waals surface area contributed by atoms with E-state index in [0.29, 0.717) is 17.4 Å². The van der Waals surface area contributed by atoms with Gasteiger partial charge < -0.3 is 19.1 Å². The lowest BCUT2D eigenvalue weighted by molar-refractivity contribution is -0.137. The van der Waals surface area contributed by atoms with Crippen LogP contribution in [0.2, 0.25) is 0 Å². The van der Waals surface area contributed by atoms with Gasteiger partial charge in [0.15, 0.2) is 11.5 Å². The number of ether oxygens (including phenoxy) is 2. The Morgan fingerprint density at radius 3 is 2.80 bits per heavy atom. The van der Waals surface area contributed by atoms with E-state index in [0.717, 1.165) is 36.5 Å². The van der Waals surface area contributed by atoms with Crippen molar-refractivity contribution in [1.82, 2.24) is 9.55 Å². The topological polar surface area (TPSA) is 73.6 Å². The molecule has 1 aromatic carbocycles. The number of carboxylic acid groups (broad SMARTS) is 1. The largest absolute Gasteiger partial charge is 0.493 e. The van der Waals surface area contributed by atoms with Gasteiger partial charge in [-0.1, -0.05) is 13.0 Å². The molecule has 1 N–H and O–H groups in total. The molecule has 1 aliphatic heterocycles. The number of hydrogen-bond donors (Lipinski definition) is 1. The number of methoxy groups -OCH3 is 2. The zero-order chi connectivity index (χ0) is 18.0. The van der Waals surface area contributed by atoms with Crippen LogP contribution in [0.15, 0.2) is 24.4 Å². The van der Waals surface area contributed by atoms with Gasteiger partial charge in [-0.15, -0.1) is 0 Å². The van der Waals surface area contributed by atoms with E-state index < -0.39 is 5.97 Å². The molecule has 3 rings (SSSR count). The van der Waals surface area contributed by atoms with E-state index in [9.17, 15) is 9.90 Å². The molecule has 0 aliphatic carbocycles. The first-order chi connectivity index (χ1) is 12.0. The molecule has 2 aromatic rings. The molecular formula is C19H24N2O4. The Balaban J connectivity index is 2.06. The Morgan fingerprint density at radius 2 is 2.12 bits per heavy atom. The van der Waals surface area contributed by atoms with Crippen LogP contribution in [0.4, 0.5) is 0 Å². The number of carbonyl (C=O) groups is 1. The quantitative estimate of drug-likeness (QED) is 0.869. The second-order valence-electron chi connectivity index (χ2n) is 6.50. The average Bonchev–Trinajstić information content (AvgIpc) is 3.04. The Hall–Kier alpha value is -2.50. The van der Waals surface area contributed by atoms with Crippen molar-refractivity contribution in [2.45, 2.75) is 44.6 Å². The molecule has 2 atom stereocenters. The summed E-state index contributed by atoms with van der Waals surface area (Å²) >= 11 is 0. The molecule has 134 valence electrons. The molecular weight excluding hydrogens is 320 g/mol. The van der Waals surface area contributed by atoms with Gasteiger partial charge in [-0.05, 0) is 30.5 Å². The van der Waals surface area contributed by atoms with E-state index in [-0.39, 0.29) is 12.3 Å². The molecule has 0 saturated carbocycles. The summed E-state index contributed by atoms with van der Waals surface area (Å²) in [5, 5.41) is 9.44. The zero-order valence-electron chi connectivity index (χ0n) is 14.9. The molecule has 0 saturated heterocycles. The maximum absolute atomic E-state index is 11.5. The van der Waals surface area contributed by atoms with E-state index in [1.165, 1.54) is 0 Å². The summed E-state index contributed by atoms with van der Waals surface area (Å²) in [5.41, 5.74) is 1.84. The fourth-order valence-corrected chi connectivity index (χ4v) is 3.64. The van der Waals surface area contributed by atoms with Crippen molar-refractivity contribution >= 4 is 5.97 Å². The Labute approximate surface area is 147 Å².